The molecule has 1 fully saturated rings. The fourth-order valence-electron chi connectivity index (χ4n) is 3.18. The third-order valence-electron chi connectivity index (χ3n) is 4.54. The van der Waals surface area contributed by atoms with Gasteiger partial charge in [0.05, 0.1) is 17.3 Å². The fraction of sp³-hybridized carbons (Fsp3) is 0.200. The van der Waals surface area contributed by atoms with Gasteiger partial charge in [-0.15, -0.1) is 0 Å². The summed E-state index contributed by atoms with van der Waals surface area (Å²) in [6.07, 6.45) is 2.27. The van der Waals surface area contributed by atoms with Crippen molar-refractivity contribution in [1.82, 2.24) is 9.88 Å². The highest BCUT2D eigenvalue weighted by Crippen LogP contribution is 2.30. The van der Waals surface area contributed by atoms with Crippen LogP contribution < -0.4 is 5.73 Å². The van der Waals surface area contributed by atoms with Gasteiger partial charge in [-0.3, -0.25) is 4.79 Å². The molecule has 0 aliphatic carbocycles. The van der Waals surface area contributed by atoms with Gasteiger partial charge in [0.1, 0.15) is 5.82 Å². The minimum Gasteiger partial charge on any atom is -0.436 e. The van der Waals surface area contributed by atoms with E-state index in [0.717, 1.165) is 6.42 Å². The van der Waals surface area contributed by atoms with Crippen LogP contribution in [-0.2, 0) is 0 Å². The summed E-state index contributed by atoms with van der Waals surface area (Å²) in [6, 6.07) is 13.5. The maximum absolute atomic E-state index is 14.0. The average molecular weight is 351 g/mol. The lowest BCUT2D eigenvalue weighted by atomic mass is 10.1. The number of likely N-dealkylation sites (tertiary alicyclic amines) is 1. The van der Waals surface area contributed by atoms with Crippen molar-refractivity contribution < 1.29 is 13.6 Å². The molecule has 6 heteroatoms. The van der Waals surface area contributed by atoms with Crippen LogP contribution in [0.15, 0.2) is 59.1 Å². The number of hydrogen-bond donors (Lipinski definition) is 1. The minimum absolute atomic E-state index is 0.0144. The summed E-state index contributed by atoms with van der Waals surface area (Å²) in [5.74, 6) is 0.129. The Labute approximate surface area is 150 Å². The van der Waals surface area contributed by atoms with E-state index >= 15 is 0 Å². The number of nitrogens with two attached hydrogens (primary N) is 1. The monoisotopic (exact) mass is 351 g/mol. The number of oxazole rings is 1. The minimum atomic E-state index is -0.384. The number of hydrogen-bond acceptors (Lipinski definition) is 4. The van der Waals surface area contributed by atoms with Crippen LogP contribution in [0.3, 0.4) is 0 Å². The van der Waals surface area contributed by atoms with Crippen molar-refractivity contribution in [3.05, 3.63) is 66.1 Å². The molecule has 1 aromatic heterocycles. The van der Waals surface area contributed by atoms with Crippen LogP contribution >= 0.6 is 0 Å². The zero-order chi connectivity index (χ0) is 18.1. The summed E-state index contributed by atoms with van der Waals surface area (Å²) in [4.78, 5) is 18.9. The lowest BCUT2D eigenvalue weighted by Crippen LogP contribution is -2.32. The molecule has 1 amide bonds. The highest BCUT2D eigenvalue weighted by molar-refractivity contribution is 6.00. The van der Waals surface area contributed by atoms with E-state index in [2.05, 4.69) is 4.98 Å². The summed E-state index contributed by atoms with van der Waals surface area (Å²) >= 11 is 0. The second-order valence-electron chi connectivity index (χ2n) is 6.36. The molecule has 1 atom stereocenters. The van der Waals surface area contributed by atoms with Crippen LogP contribution in [0.4, 0.5) is 4.39 Å². The first-order valence-corrected chi connectivity index (χ1v) is 8.48. The standard InChI is InChI=1S/C20H18FN3O2/c21-17-8-4-3-7-16(17)18-11-23-19(26-18)14-5-1-2-6-15(14)20(25)24-10-9-13(22)12-24/h1-8,11,13H,9-10,12,22H2/t13-/m1/s1. The molecular formula is C20H18FN3O2. The molecule has 0 spiro atoms. The van der Waals surface area contributed by atoms with Gasteiger partial charge in [-0.05, 0) is 30.7 Å². The molecule has 5 nitrogen and oxygen atoms in total. The summed E-state index contributed by atoms with van der Waals surface area (Å²) in [6.45, 7) is 1.18. The molecule has 1 saturated heterocycles. The molecule has 1 aliphatic heterocycles. The molecule has 1 aliphatic rings. The first-order chi connectivity index (χ1) is 12.6. The van der Waals surface area contributed by atoms with Crippen LogP contribution in [0, 0.1) is 5.82 Å². The van der Waals surface area contributed by atoms with Crippen molar-refractivity contribution in [2.45, 2.75) is 12.5 Å². The molecule has 3 aromatic rings. The third-order valence-corrected chi connectivity index (χ3v) is 4.54. The van der Waals surface area contributed by atoms with Gasteiger partial charge in [0.25, 0.3) is 5.91 Å². The van der Waals surface area contributed by atoms with Gasteiger partial charge in [0, 0.05) is 24.7 Å². The zero-order valence-corrected chi connectivity index (χ0v) is 14.1. The molecule has 26 heavy (non-hydrogen) atoms. The van der Waals surface area contributed by atoms with Gasteiger partial charge in [0.15, 0.2) is 5.76 Å². The Bertz CT molecular complexity index is 953. The van der Waals surface area contributed by atoms with Gasteiger partial charge < -0.3 is 15.1 Å². The number of carbonyl (C=O) groups is 1. The van der Waals surface area contributed by atoms with Crippen LogP contribution in [0.5, 0.6) is 0 Å². The molecule has 0 saturated carbocycles. The summed E-state index contributed by atoms with van der Waals surface area (Å²) in [7, 11) is 0. The number of rotatable bonds is 3. The van der Waals surface area contributed by atoms with Crippen LogP contribution in [-0.4, -0.2) is 34.9 Å². The Hall–Kier alpha value is -2.99. The lowest BCUT2D eigenvalue weighted by Gasteiger charge is -2.17. The predicted octanol–water partition coefficient (Wildman–Crippen LogP) is 3.32. The van der Waals surface area contributed by atoms with E-state index in [-0.39, 0.29) is 23.7 Å². The van der Waals surface area contributed by atoms with Crippen molar-refractivity contribution >= 4 is 5.91 Å². The van der Waals surface area contributed by atoms with Crippen molar-refractivity contribution in [1.29, 1.82) is 0 Å². The highest BCUT2D eigenvalue weighted by Gasteiger charge is 2.27. The maximum Gasteiger partial charge on any atom is 0.254 e. The Balaban J connectivity index is 1.69. The number of aromatic nitrogens is 1. The molecule has 0 unspecified atom stereocenters. The topological polar surface area (TPSA) is 72.4 Å². The number of amides is 1. The van der Waals surface area contributed by atoms with Crippen LogP contribution in [0.1, 0.15) is 16.8 Å². The maximum atomic E-state index is 14.0. The van der Waals surface area contributed by atoms with E-state index in [0.29, 0.717) is 35.5 Å². The molecule has 2 N–H and O–H groups in total. The molecule has 2 heterocycles. The molecular weight excluding hydrogens is 333 g/mol. The number of carbonyl (C=O) groups excluding carboxylic acids is 1. The second kappa shape index (κ2) is 6.72. The lowest BCUT2D eigenvalue weighted by molar-refractivity contribution is 0.0791. The van der Waals surface area contributed by atoms with Crippen molar-refractivity contribution in [3.8, 4) is 22.8 Å². The van der Waals surface area contributed by atoms with Gasteiger partial charge in [-0.2, -0.15) is 0 Å². The predicted molar refractivity (Wildman–Crippen MR) is 95.8 cm³/mol. The normalized spacial score (nSPS) is 16.8. The molecule has 4 rings (SSSR count). The molecule has 2 aromatic carbocycles. The van der Waals surface area contributed by atoms with Gasteiger partial charge in [-0.1, -0.05) is 24.3 Å². The van der Waals surface area contributed by atoms with E-state index in [9.17, 15) is 9.18 Å². The van der Waals surface area contributed by atoms with Crippen molar-refractivity contribution in [2.24, 2.45) is 5.73 Å². The van der Waals surface area contributed by atoms with Gasteiger partial charge in [0.2, 0.25) is 5.89 Å². The van der Waals surface area contributed by atoms with Crippen molar-refractivity contribution in [2.75, 3.05) is 13.1 Å². The Morgan fingerprint density at radius 1 is 1.15 bits per heavy atom. The number of nitrogens with zero attached hydrogens (tertiary/aromatic N) is 2. The van der Waals surface area contributed by atoms with E-state index in [4.69, 9.17) is 10.2 Å². The second-order valence-corrected chi connectivity index (χ2v) is 6.36. The third kappa shape index (κ3) is 2.99. The van der Waals surface area contributed by atoms with E-state index in [1.807, 2.05) is 6.07 Å². The first kappa shape index (κ1) is 16.5. The SMILES string of the molecule is N[C@@H]1CCN(C(=O)c2ccccc2-c2ncc(-c3ccccc3F)o2)C1. The molecule has 132 valence electrons. The van der Waals surface area contributed by atoms with Crippen LogP contribution in [0.2, 0.25) is 0 Å². The zero-order valence-electron chi connectivity index (χ0n) is 14.1. The number of halogens is 1. The fourth-order valence-corrected chi connectivity index (χ4v) is 3.18. The summed E-state index contributed by atoms with van der Waals surface area (Å²) < 4.78 is 19.7. The van der Waals surface area contributed by atoms with Gasteiger partial charge >= 0.3 is 0 Å². The smallest absolute Gasteiger partial charge is 0.254 e. The van der Waals surface area contributed by atoms with Crippen molar-refractivity contribution in [3.63, 3.8) is 0 Å². The molecule has 0 radical (unpaired) electrons. The Morgan fingerprint density at radius 3 is 2.62 bits per heavy atom. The van der Waals surface area contributed by atoms with Gasteiger partial charge in [-0.25, -0.2) is 9.37 Å². The summed E-state index contributed by atoms with van der Waals surface area (Å²) in [5, 5.41) is 0. The van der Waals surface area contributed by atoms with E-state index in [1.54, 1.807) is 41.3 Å². The van der Waals surface area contributed by atoms with Crippen LogP contribution in [0.25, 0.3) is 22.8 Å². The first-order valence-electron chi connectivity index (χ1n) is 8.48. The number of benzene rings is 2. The molecule has 0 bridgehead atoms. The highest BCUT2D eigenvalue weighted by atomic mass is 19.1. The largest absolute Gasteiger partial charge is 0.436 e. The van der Waals surface area contributed by atoms with E-state index in [1.165, 1.54) is 12.3 Å². The van der Waals surface area contributed by atoms with E-state index < -0.39 is 0 Å². The summed E-state index contributed by atoms with van der Waals surface area (Å²) in [5.41, 5.74) is 7.33. The average Bonchev–Trinajstić information content (AvgIpc) is 3.31. The quantitative estimate of drug-likeness (QED) is 0.786. The Morgan fingerprint density at radius 2 is 1.88 bits per heavy atom. The Kier molecular flexibility index (Phi) is 4.26.